The molecule has 0 unspecified atom stereocenters. The van der Waals surface area contributed by atoms with Crippen molar-refractivity contribution >= 4 is 29.1 Å². The molecule has 2 aromatic rings. The summed E-state index contributed by atoms with van der Waals surface area (Å²) in [6, 6.07) is 10.2. The highest BCUT2D eigenvalue weighted by atomic mass is 32.2. The first kappa shape index (κ1) is 14.1. The van der Waals surface area contributed by atoms with Crippen molar-refractivity contribution < 1.29 is 9.53 Å². The number of hydrogen-bond donors (Lipinski definition) is 0. The Hall–Kier alpha value is -1.33. The number of rotatable bonds is 5. The molecule has 0 atom stereocenters. The summed E-state index contributed by atoms with van der Waals surface area (Å²) in [5.74, 6) is 0.568. The average molecular weight is 293 g/mol. The fourth-order valence-electron chi connectivity index (χ4n) is 1.60. The van der Waals surface area contributed by atoms with E-state index in [1.54, 1.807) is 11.8 Å². The minimum atomic E-state index is -0.291. The zero-order valence-corrected chi connectivity index (χ0v) is 12.5. The van der Waals surface area contributed by atoms with Crippen LogP contribution in [0.1, 0.15) is 27.9 Å². The van der Waals surface area contributed by atoms with Crippen LogP contribution in [0.25, 0.3) is 0 Å². The summed E-state index contributed by atoms with van der Waals surface area (Å²) >= 11 is 3.06. The van der Waals surface area contributed by atoms with E-state index in [1.807, 2.05) is 25.1 Å². The van der Waals surface area contributed by atoms with E-state index in [2.05, 4.69) is 17.1 Å². The molecule has 5 heteroatoms. The number of esters is 1. The van der Waals surface area contributed by atoms with Crippen LogP contribution in [-0.2, 0) is 16.9 Å². The van der Waals surface area contributed by atoms with Gasteiger partial charge in [-0.15, -0.1) is 11.3 Å². The molecule has 0 bridgehead atoms. The maximum Gasteiger partial charge on any atom is 0.350 e. The lowest BCUT2D eigenvalue weighted by atomic mass is 10.2. The monoisotopic (exact) mass is 293 g/mol. The lowest BCUT2D eigenvalue weighted by Crippen LogP contribution is -2.01. The molecule has 0 radical (unpaired) electrons. The Morgan fingerprint density at radius 3 is 2.74 bits per heavy atom. The molecule has 0 saturated heterocycles. The molecule has 2 rings (SSSR count). The summed E-state index contributed by atoms with van der Waals surface area (Å²) < 4.78 is 5.69. The van der Waals surface area contributed by atoms with E-state index in [4.69, 9.17) is 4.74 Å². The van der Waals surface area contributed by atoms with E-state index in [1.165, 1.54) is 24.0 Å². The molecule has 0 aliphatic rings. The molecule has 0 spiro atoms. The van der Waals surface area contributed by atoms with Crippen LogP contribution in [-0.4, -0.2) is 18.1 Å². The molecule has 0 N–H and O–H groups in total. The summed E-state index contributed by atoms with van der Waals surface area (Å²) in [7, 11) is 1.40. The first-order valence-electron chi connectivity index (χ1n) is 5.99. The second-order valence-corrected chi connectivity index (χ2v) is 6.10. The zero-order valence-electron chi connectivity index (χ0n) is 10.9. The number of thioether (sulfide) groups is 1. The Balaban J connectivity index is 2.09. The Labute approximate surface area is 121 Å². The average Bonchev–Trinajstić information content (AvgIpc) is 2.88. The normalized spacial score (nSPS) is 10.4. The maximum atomic E-state index is 11.6. The smallest absolute Gasteiger partial charge is 0.350 e. The van der Waals surface area contributed by atoms with Crippen molar-refractivity contribution in [3.63, 3.8) is 0 Å². The quantitative estimate of drug-likeness (QED) is 0.621. The summed E-state index contributed by atoms with van der Waals surface area (Å²) in [5, 5.41) is 0. The first-order valence-corrected chi connectivity index (χ1v) is 7.79. The van der Waals surface area contributed by atoms with E-state index >= 15 is 0 Å². The molecule has 3 nitrogen and oxygen atoms in total. The molecule has 1 aromatic carbocycles. The number of aromatic nitrogens is 1. The minimum absolute atomic E-state index is 0.291. The number of carbonyl (C=O) groups is 1. The lowest BCUT2D eigenvalue weighted by Gasteiger charge is -1.97. The highest BCUT2D eigenvalue weighted by Gasteiger charge is 2.17. The highest BCUT2D eigenvalue weighted by Crippen LogP contribution is 2.30. The van der Waals surface area contributed by atoms with E-state index in [9.17, 15) is 4.79 Å². The van der Waals surface area contributed by atoms with Crippen LogP contribution in [0, 0.1) is 0 Å². The highest BCUT2D eigenvalue weighted by molar-refractivity contribution is 8.00. The van der Waals surface area contributed by atoms with Gasteiger partial charge in [0.25, 0.3) is 0 Å². The second-order valence-electron chi connectivity index (χ2n) is 3.87. The topological polar surface area (TPSA) is 39.2 Å². The number of carbonyl (C=O) groups excluding carboxylic acids is 1. The molecular weight excluding hydrogens is 278 g/mol. The molecule has 0 saturated carbocycles. The van der Waals surface area contributed by atoms with Crippen LogP contribution in [0.2, 0.25) is 0 Å². The van der Waals surface area contributed by atoms with Gasteiger partial charge in [0, 0.05) is 5.75 Å². The predicted octanol–water partition coefficient (Wildman–Crippen LogP) is 3.78. The molecule has 0 fully saturated rings. The Bertz CT molecular complexity index is 552. The predicted molar refractivity (Wildman–Crippen MR) is 78.8 cm³/mol. The van der Waals surface area contributed by atoms with Gasteiger partial charge in [0.05, 0.1) is 12.8 Å². The molecule has 1 heterocycles. The fraction of sp³-hybridized carbons (Fsp3) is 0.286. The van der Waals surface area contributed by atoms with Crippen molar-refractivity contribution in [1.29, 1.82) is 0 Å². The van der Waals surface area contributed by atoms with Crippen molar-refractivity contribution in [2.75, 3.05) is 7.11 Å². The second kappa shape index (κ2) is 6.73. The molecule has 19 heavy (non-hydrogen) atoms. The zero-order chi connectivity index (χ0) is 13.7. The van der Waals surface area contributed by atoms with Crippen molar-refractivity contribution in [2.24, 2.45) is 0 Å². The van der Waals surface area contributed by atoms with Crippen LogP contribution >= 0.6 is 23.1 Å². The van der Waals surface area contributed by atoms with Gasteiger partial charge in [0.2, 0.25) is 0 Å². The third kappa shape index (κ3) is 3.58. The Morgan fingerprint density at radius 1 is 1.37 bits per heavy atom. The third-order valence-electron chi connectivity index (χ3n) is 2.59. The van der Waals surface area contributed by atoms with Crippen LogP contribution in [0.3, 0.4) is 0 Å². The van der Waals surface area contributed by atoms with E-state index in [0.717, 1.165) is 22.2 Å². The number of hydrogen-bond acceptors (Lipinski definition) is 5. The van der Waals surface area contributed by atoms with Gasteiger partial charge in [-0.05, 0) is 12.0 Å². The minimum Gasteiger partial charge on any atom is -0.465 e. The largest absolute Gasteiger partial charge is 0.465 e. The maximum absolute atomic E-state index is 11.6. The van der Waals surface area contributed by atoms with Crippen LogP contribution in [0.15, 0.2) is 34.7 Å². The van der Waals surface area contributed by atoms with Crippen LogP contribution < -0.4 is 0 Å². The number of thiazole rings is 1. The Kier molecular flexibility index (Phi) is 4.99. The van der Waals surface area contributed by atoms with Gasteiger partial charge in [0.15, 0.2) is 4.34 Å². The van der Waals surface area contributed by atoms with Gasteiger partial charge in [0.1, 0.15) is 4.88 Å². The summed E-state index contributed by atoms with van der Waals surface area (Å²) in [4.78, 5) is 16.7. The Morgan fingerprint density at radius 2 is 2.11 bits per heavy atom. The van der Waals surface area contributed by atoms with Crippen LogP contribution in [0.4, 0.5) is 0 Å². The molecule has 0 amide bonds. The first-order chi connectivity index (χ1) is 9.24. The van der Waals surface area contributed by atoms with Gasteiger partial charge >= 0.3 is 5.97 Å². The number of benzene rings is 1. The molecule has 1 aromatic heterocycles. The van der Waals surface area contributed by atoms with Crippen molar-refractivity contribution in [3.8, 4) is 0 Å². The summed E-state index contributed by atoms with van der Waals surface area (Å²) in [5.41, 5.74) is 2.08. The van der Waals surface area contributed by atoms with Crippen molar-refractivity contribution in [1.82, 2.24) is 4.98 Å². The lowest BCUT2D eigenvalue weighted by molar-refractivity contribution is 0.0605. The van der Waals surface area contributed by atoms with Gasteiger partial charge in [-0.1, -0.05) is 49.0 Å². The molecular formula is C14H15NO2S2. The summed E-state index contributed by atoms with van der Waals surface area (Å²) in [6.07, 6.45) is 0.743. The number of ether oxygens (including phenoxy) is 1. The van der Waals surface area contributed by atoms with Gasteiger partial charge < -0.3 is 4.74 Å². The van der Waals surface area contributed by atoms with Gasteiger partial charge in [-0.3, -0.25) is 0 Å². The number of nitrogens with zero attached hydrogens (tertiary/aromatic N) is 1. The van der Waals surface area contributed by atoms with E-state index < -0.39 is 0 Å². The number of methoxy groups -OCH3 is 1. The number of aryl methyl sites for hydroxylation is 1. The summed E-state index contributed by atoms with van der Waals surface area (Å²) in [6.45, 7) is 1.99. The molecule has 0 aliphatic heterocycles. The standard InChI is InChI=1S/C14H15NO2S2/c1-3-11-12(13(16)17-2)19-14(15-11)18-9-10-7-5-4-6-8-10/h4-8H,3,9H2,1-2H3. The third-order valence-corrected chi connectivity index (χ3v) is 4.88. The van der Waals surface area contributed by atoms with Crippen LogP contribution in [0.5, 0.6) is 0 Å². The van der Waals surface area contributed by atoms with Crippen molar-refractivity contribution in [2.45, 2.75) is 23.4 Å². The molecule has 100 valence electrons. The fourth-order valence-corrected chi connectivity index (χ4v) is 3.73. The van der Waals surface area contributed by atoms with Gasteiger partial charge in [-0.25, -0.2) is 9.78 Å². The van der Waals surface area contributed by atoms with Crippen molar-refractivity contribution in [3.05, 3.63) is 46.5 Å². The molecule has 0 aliphatic carbocycles. The van der Waals surface area contributed by atoms with E-state index in [-0.39, 0.29) is 5.97 Å². The SMILES string of the molecule is CCc1nc(SCc2ccccc2)sc1C(=O)OC. The van der Waals surface area contributed by atoms with E-state index in [0.29, 0.717) is 4.88 Å². The van der Waals surface area contributed by atoms with Gasteiger partial charge in [-0.2, -0.15) is 0 Å².